The Balaban J connectivity index is 1.29. The largest absolute Gasteiger partial charge is 0.457 e. The summed E-state index contributed by atoms with van der Waals surface area (Å²) >= 11 is 0. The van der Waals surface area contributed by atoms with Crippen LogP contribution in [-0.2, 0) is 67.2 Å². The van der Waals surface area contributed by atoms with Crippen LogP contribution in [0.5, 0.6) is 0 Å². The molecule has 0 aliphatic carbocycles. The summed E-state index contributed by atoms with van der Waals surface area (Å²) in [5.74, 6) is -0.783. The van der Waals surface area contributed by atoms with Crippen LogP contribution in [-0.4, -0.2) is 97.1 Å². The van der Waals surface area contributed by atoms with Crippen LogP contribution in [0.2, 0.25) is 0 Å². The van der Waals surface area contributed by atoms with Gasteiger partial charge in [0.25, 0.3) is 0 Å². The lowest BCUT2D eigenvalue weighted by Gasteiger charge is -2.50. The standard InChI is InChI=1S/C46H62O12/c1-7-36-28(2)29(3)41(53-32(6)48)45(54-36)58-42-39(49)37(23-47)55-46(43(42)51-25-34-19-13-9-14-20-34)57-40-30(4)31(5)44(52-26-35-21-15-10-16-22-35)56-38(40)27-50-24-33-17-11-8-12-18-33/h8-22,28-31,36-47,49H,7,23-27H2,1-6H3/t28-,29-,30?,31+,36?,37?,38?,39-,40+,41?,42?,43-,44-,45+,46+/m1/s1. The minimum Gasteiger partial charge on any atom is -0.457 e. The van der Waals surface area contributed by atoms with Crippen LogP contribution in [0.1, 0.15) is 64.7 Å². The highest BCUT2D eigenvalue weighted by molar-refractivity contribution is 5.66. The zero-order valence-electron chi connectivity index (χ0n) is 34.5. The summed E-state index contributed by atoms with van der Waals surface area (Å²) < 4.78 is 58.4. The molecule has 0 radical (unpaired) electrons. The van der Waals surface area contributed by atoms with Crippen molar-refractivity contribution in [2.24, 2.45) is 23.7 Å². The van der Waals surface area contributed by atoms with E-state index in [4.69, 9.17) is 42.6 Å². The van der Waals surface area contributed by atoms with E-state index in [0.29, 0.717) is 19.6 Å². The summed E-state index contributed by atoms with van der Waals surface area (Å²) in [6, 6.07) is 29.5. The lowest BCUT2D eigenvalue weighted by atomic mass is 9.82. The van der Waals surface area contributed by atoms with Crippen molar-refractivity contribution in [3.8, 4) is 0 Å². The highest BCUT2D eigenvalue weighted by Crippen LogP contribution is 2.40. The Hall–Kier alpha value is -3.27. The SMILES string of the molecule is CCC1O[C@@H](OC2[C@H](O)C(CO)O[C@@H](O[C@@H]3C(COCc4ccccc4)O[C@@H](OCc4ccccc4)[C@@H](C)C3C)[C@@H]2OCc2ccccc2)C(OC(C)=O)[C@H](C)[C@H]1C. The molecule has 0 spiro atoms. The van der Waals surface area contributed by atoms with Crippen molar-refractivity contribution in [3.05, 3.63) is 108 Å². The third-order valence-corrected chi connectivity index (χ3v) is 12.0. The Labute approximate surface area is 343 Å². The molecule has 0 saturated carbocycles. The van der Waals surface area contributed by atoms with Crippen molar-refractivity contribution in [3.63, 3.8) is 0 Å². The quantitative estimate of drug-likeness (QED) is 0.150. The van der Waals surface area contributed by atoms with Gasteiger partial charge in [-0.2, -0.15) is 0 Å². The van der Waals surface area contributed by atoms with Crippen LogP contribution in [0.15, 0.2) is 91.0 Å². The Morgan fingerprint density at radius 3 is 1.66 bits per heavy atom. The summed E-state index contributed by atoms with van der Waals surface area (Å²) in [6.45, 7) is 12.2. The van der Waals surface area contributed by atoms with Gasteiger partial charge < -0.3 is 52.8 Å². The highest BCUT2D eigenvalue weighted by atomic mass is 16.8. The molecule has 3 aliphatic rings. The molecule has 0 amide bonds. The van der Waals surface area contributed by atoms with Gasteiger partial charge in [-0.05, 0) is 34.9 Å². The second kappa shape index (κ2) is 21.3. The van der Waals surface area contributed by atoms with Crippen molar-refractivity contribution < 1.29 is 57.6 Å². The number of ether oxygens (including phenoxy) is 9. The molecule has 3 aliphatic heterocycles. The second-order valence-corrected chi connectivity index (χ2v) is 16.0. The molecule has 0 bridgehead atoms. The summed E-state index contributed by atoms with van der Waals surface area (Å²) in [4.78, 5) is 12.4. The predicted molar refractivity (Wildman–Crippen MR) is 214 cm³/mol. The molecular weight excluding hydrogens is 744 g/mol. The first-order chi connectivity index (χ1) is 28.1. The van der Waals surface area contributed by atoms with Crippen molar-refractivity contribution in [2.75, 3.05) is 13.2 Å². The van der Waals surface area contributed by atoms with E-state index >= 15 is 0 Å². The topological polar surface area (TPSA) is 141 Å². The molecule has 58 heavy (non-hydrogen) atoms. The average molecular weight is 807 g/mol. The average Bonchev–Trinajstić information content (AvgIpc) is 3.24. The first kappa shape index (κ1) is 44.3. The van der Waals surface area contributed by atoms with Crippen LogP contribution >= 0.6 is 0 Å². The smallest absolute Gasteiger partial charge is 0.303 e. The van der Waals surface area contributed by atoms with Gasteiger partial charge in [-0.25, -0.2) is 0 Å². The van der Waals surface area contributed by atoms with E-state index in [9.17, 15) is 15.0 Å². The molecule has 6 unspecified atom stereocenters. The number of benzene rings is 3. The number of hydrogen-bond donors (Lipinski definition) is 2. The van der Waals surface area contributed by atoms with Gasteiger partial charge in [0.2, 0.25) is 0 Å². The van der Waals surface area contributed by atoms with Gasteiger partial charge in [0, 0.05) is 18.8 Å². The lowest BCUT2D eigenvalue weighted by Crippen LogP contribution is -2.65. The van der Waals surface area contributed by atoms with Gasteiger partial charge in [0.05, 0.1) is 45.2 Å². The van der Waals surface area contributed by atoms with Crippen molar-refractivity contribution in [1.29, 1.82) is 0 Å². The molecule has 3 aromatic carbocycles. The molecule has 12 heteroatoms. The fraction of sp³-hybridized carbons (Fsp3) is 0.587. The number of carbonyl (C=O) groups is 1. The first-order valence-electron chi connectivity index (χ1n) is 20.7. The third kappa shape index (κ3) is 11.1. The predicted octanol–water partition coefficient (Wildman–Crippen LogP) is 6.19. The van der Waals surface area contributed by atoms with Crippen LogP contribution < -0.4 is 0 Å². The summed E-state index contributed by atoms with van der Waals surface area (Å²) in [7, 11) is 0. The third-order valence-electron chi connectivity index (χ3n) is 12.0. The van der Waals surface area contributed by atoms with Crippen LogP contribution in [0.4, 0.5) is 0 Å². The number of rotatable bonds is 17. The van der Waals surface area contributed by atoms with E-state index in [2.05, 4.69) is 20.8 Å². The second-order valence-electron chi connectivity index (χ2n) is 16.0. The van der Waals surface area contributed by atoms with E-state index < -0.39 is 74.2 Å². The minimum atomic E-state index is -1.36. The Morgan fingerprint density at radius 1 is 0.586 bits per heavy atom. The van der Waals surface area contributed by atoms with Crippen molar-refractivity contribution in [1.82, 2.24) is 0 Å². The summed E-state index contributed by atoms with van der Waals surface area (Å²) in [6.07, 6.45) is -8.83. The molecule has 2 N–H and O–H groups in total. The Bertz CT molecular complexity index is 1650. The number of hydrogen-bond acceptors (Lipinski definition) is 12. The van der Waals surface area contributed by atoms with Crippen LogP contribution in [0.3, 0.4) is 0 Å². The Kier molecular flexibility index (Phi) is 16.3. The number of aliphatic hydroxyl groups is 2. The van der Waals surface area contributed by atoms with Crippen molar-refractivity contribution >= 4 is 5.97 Å². The van der Waals surface area contributed by atoms with E-state index in [0.717, 1.165) is 16.7 Å². The molecule has 3 aromatic rings. The molecule has 0 aromatic heterocycles. The van der Waals surface area contributed by atoms with Crippen LogP contribution in [0.25, 0.3) is 0 Å². The first-order valence-corrected chi connectivity index (χ1v) is 20.7. The number of aliphatic hydroxyl groups excluding tert-OH is 2. The normalized spacial score (nSPS) is 35.3. The van der Waals surface area contributed by atoms with E-state index in [1.165, 1.54) is 6.92 Å². The maximum Gasteiger partial charge on any atom is 0.303 e. The minimum absolute atomic E-state index is 0.0662. The Morgan fingerprint density at radius 2 is 1.09 bits per heavy atom. The van der Waals surface area contributed by atoms with Gasteiger partial charge in [-0.1, -0.05) is 126 Å². The van der Waals surface area contributed by atoms with Gasteiger partial charge in [-0.15, -0.1) is 0 Å². The lowest BCUT2D eigenvalue weighted by molar-refractivity contribution is -0.377. The molecule has 15 atom stereocenters. The van der Waals surface area contributed by atoms with Gasteiger partial charge in [0.1, 0.15) is 30.5 Å². The molecule has 3 heterocycles. The van der Waals surface area contributed by atoms with E-state index in [-0.39, 0.29) is 43.0 Å². The molecular formula is C46H62O12. The molecule has 3 saturated heterocycles. The maximum atomic E-state index is 12.4. The summed E-state index contributed by atoms with van der Waals surface area (Å²) in [5.41, 5.74) is 2.93. The zero-order valence-corrected chi connectivity index (χ0v) is 34.5. The highest BCUT2D eigenvalue weighted by Gasteiger charge is 2.54. The maximum absolute atomic E-state index is 12.4. The van der Waals surface area contributed by atoms with Gasteiger partial charge >= 0.3 is 5.97 Å². The molecule has 3 fully saturated rings. The summed E-state index contributed by atoms with van der Waals surface area (Å²) in [5, 5.41) is 22.4. The van der Waals surface area contributed by atoms with E-state index in [1.54, 1.807) is 0 Å². The fourth-order valence-electron chi connectivity index (χ4n) is 8.17. The molecule has 318 valence electrons. The van der Waals surface area contributed by atoms with E-state index in [1.807, 2.05) is 105 Å². The number of carbonyl (C=O) groups excluding carboxylic acids is 1. The monoisotopic (exact) mass is 806 g/mol. The van der Waals surface area contributed by atoms with Crippen molar-refractivity contribution in [2.45, 2.75) is 135 Å². The van der Waals surface area contributed by atoms with Crippen LogP contribution in [0, 0.1) is 23.7 Å². The van der Waals surface area contributed by atoms with Gasteiger partial charge in [0.15, 0.2) is 25.0 Å². The zero-order chi connectivity index (χ0) is 41.2. The van der Waals surface area contributed by atoms with Gasteiger partial charge in [-0.3, -0.25) is 4.79 Å². The number of esters is 1. The molecule has 12 nitrogen and oxygen atoms in total. The molecule has 6 rings (SSSR count). The fourth-order valence-corrected chi connectivity index (χ4v) is 8.17.